The SMILES string of the molecule is CN(C)Cc1nc(Nc2ccc(-c3cnc4cc(F)ccn34)c3c2C(=O)NC3)ccc1[C@H]1CCCOC1.COC1CN(Cc2nc(Nc3ccc(-c4cnc5cc(F)ccn45)c4c3C(=O)NC4)ccc2[C@@H]2CCOC2)C1.COC1CN(Cc2nc(Nc3ccc(-c4cnc5cc(F)ccn45)c4c3C(=O)NC4)ccc2[C@H]2CCOC2)C1. The Labute approximate surface area is 660 Å². The molecule has 5 saturated heterocycles. The number of fused-ring (bicyclic) bond motifs is 6. The average molecular weight is 1560 g/mol. The first-order valence-electron chi connectivity index (χ1n) is 39.0. The zero-order chi connectivity index (χ0) is 78.5. The number of imidazole rings is 3. The molecule has 0 aliphatic carbocycles. The molecule has 8 aliphatic heterocycles. The van der Waals surface area contributed by atoms with Gasteiger partial charge in [0.1, 0.15) is 51.8 Å². The second-order valence-electron chi connectivity index (χ2n) is 30.7. The Morgan fingerprint density at radius 1 is 0.461 bits per heavy atom. The molecule has 5 fully saturated rings. The summed E-state index contributed by atoms with van der Waals surface area (Å²) in [7, 11) is 7.57. The van der Waals surface area contributed by atoms with Crippen molar-refractivity contribution in [1.82, 2.24) is 73.8 Å². The van der Waals surface area contributed by atoms with Crippen LogP contribution < -0.4 is 31.9 Å². The van der Waals surface area contributed by atoms with E-state index in [1.54, 1.807) is 51.4 Å². The lowest BCUT2D eigenvalue weighted by molar-refractivity contribution is -0.0341. The van der Waals surface area contributed by atoms with Crippen LogP contribution in [0.25, 0.3) is 50.7 Å². The predicted molar refractivity (Wildman–Crippen MR) is 427 cm³/mol. The normalized spacial score (nSPS) is 18.7. The largest absolute Gasteiger partial charge is 0.381 e. The maximum Gasteiger partial charge on any atom is 0.254 e. The minimum absolute atomic E-state index is 0.135. The van der Waals surface area contributed by atoms with Crippen molar-refractivity contribution in [3.05, 3.63) is 231 Å². The summed E-state index contributed by atoms with van der Waals surface area (Å²) in [6.07, 6.45) is 14.8. The molecule has 0 saturated carbocycles. The fourth-order valence-electron chi connectivity index (χ4n) is 17.1. The van der Waals surface area contributed by atoms with Crippen LogP contribution in [0, 0.1) is 17.5 Å². The predicted octanol–water partition coefficient (Wildman–Crippen LogP) is 12.2. The third-order valence-corrected chi connectivity index (χ3v) is 23.0. The van der Waals surface area contributed by atoms with Crippen LogP contribution in [-0.4, -0.2) is 182 Å². The van der Waals surface area contributed by atoms with E-state index in [2.05, 4.69) is 79.8 Å². The average Bonchev–Trinajstić information content (AvgIpc) is 1.65. The third kappa shape index (κ3) is 15.1. The van der Waals surface area contributed by atoms with Crippen LogP contribution in [0.2, 0.25) is 0 Å². The Morgan fingerprint density at radius 2 is 0.817 bits per heavy atom. The fourth-order valence-corrected chi connectivity index (χ4v) is 17.1. The molecular formula is C86H87F3N18O8. The van der Waals surface area contributed by atoms with Gasteiger partial charge in [-0.25, -0.2) is 43.1 Å². The number of anilines is 6. The summed E-state index contributed by atoms with van der Waals surface area (Å²) in [5.41, 5.74) is 19.8. The summed E-state index contributed by atoms with van der Waals surface area (Å²) in [5, 5.41) is 19.1. The van der Waals surface area contributed by atoms with Crippen LogP contribution in [0.5, 0.6) is 0 Å². The lowest BCUT2D eigenvalue weighted by Gasteiger charge is -2.38. The highest BCUT2D eigenvalue weighted by molar-refractivity contribution is 6.08. The molecule has 0 bridgehead atoms. The van der Waals surface area contributed by atoms with E-state index in [0.717, 1.165) is 159 Å². The maximum absolute atomic E-state index is 13.7. The molecule has 3 atom stereocenters. The van der Waals surface area contributed by atoms with E-state index in [4.69, 9.17) is 38.6 Å². The van der Waals surface area contributed by atoms with E-state index in [0.29, 0.717) is 125 Å². The third-order valence-electron chi connectivity index (χ3n) is 23.0. The summed E-state index contributed by atoms with van der Waals surface area (Å²) in [5.74, 6) is 1.67. The molecule has 29 heteroatoms. The van der Waals surface area contributed by atoms with Crippen molar-refractivity contribution in [1.29, 1.82) is 0 Å². The number of pyridine rings is 6. The van der Waals surface area contributed by atoms with Gasteiger partial charge < -0.3 is 60.5 Å². The molecule has 17 heterocycles. The number of nitrogens with zero attached hydrogens (tertiary/aromatic N) is 12. The standard InChI is InChI=1S/2C29H29FN6O3.C28H29FN6O2/c2*1-38-19-13-35(14-19)15-24-20(17-7-9-39-16-17)3-5-26(34-24)33-23-4-2-21(22-11-32-29(37)28(22)23)25-12-31-27-10-18(30)6-8-36(25)27;1-34(2)15-23-19(17-4-3-11-37-16-17)6-8-25(33-23)32-22-7-5-20(21-13-31-28(36)27(21)22)24-14-30-26-12-18(29)9-10-35(24)26/h2*2-6,8,10,12,17,19H,7,9,11,13-16H2,1H3,(H,32,37)(H,33,34);5-10,12,14,17H,3-4,11,13,15-16H2,1-2H3,(H,31,36)(H,32,33)/t3*17-/m100/s1. The molecule has 0 spiro atoms. The van der Waals surface area contributed by atoms with Gasteiger partial charge in [-0.2, -0.15) is 0 Å². The van der Waals surface area contributed by atoms with Crippen LogP contribution in [0.3, 0.4) is 0 Å². The Bertz CT molecular complexity index is 5510. The van der Waals surface area contributed by atoms with Crippen molar-refractivity contribution in [3.63, 3.8) is 0 Å². The second-order valence-corrected chi connectivity index (χ2v) is 30.7. The number of halogens is 3. The van der Waals surface area contributed by atoms with Crippen LogP contribution in [0.15, 0.2) is 146 Å². The molecular weight excluding hydrogens is 1470 g/mol. The second kappa shape index (κ2) is 32.0. The first-order valence-corrected chi connectivity index (χ1v) is 39.0. The van der Waals surface area contributed by atoms with Crippen molar-refractivity contribution >= 4 is 69.2 Å². The van der Waals surface area contributed by atoms with Gasteiger partial charge in [0.25, 0.3) is 17.7 Å². The maximum atomic E-state index is 13.7. The summed E-state index contributed by atoms with van der Waals surface area (Å²) < 4.78 is 74.5. The molecule has 26 nitrogen and oxygen atoms in total. The van der Waals surface area contributed by atoms with E-state index >= 15 is 0 Å². The molecule has 8 aliphatic rings. The number of amides is 3. The molecule has 3 aromatic carbocycles. The van der Waals surface area contributed by atoms with E-state index in [1.807, 2.05) is 81.9 Å². The zero-order valence-corrected chi connectivity index (χ0v) is 64.2. The number of carbonyl (C=O) groups is 3. The topological polar surface area (TPSA) is 270 Å². The molecule has 3 amide bonds. The van der Waals surface area contributed by atoms with E-state index in [1.165, 1.54) is 53.1 Å². The lowest BCUT2D eigenvalue weighted by atomic mass is 9.92. The van der Waals surface area contributed by atoms with Gasteiger partial charge in [-0.15, -0.1) is 0 Å². The number of nitrogens with one attached hydrogen (secondary N) is 6. The monoisotopic (exact) mass is 1560 g/mol. The van der Waals surface area contributed by atoms with Crippen LogP contribution >= 0.6 is 0 Å². The highest BCUT2D eigenvalue weighted by atomic mass is 19.1. The molecule has 0 unspecified atom stereocenters. The van der Waals surface area contributed by atoms with Crippen LogP contribution in [0.1, 0.15) is 125 Å². The number of benzene rings is 3. The molecule has 20 rings (SSSR count). The Kier molecular flexibility index (Phi) is 20.8. The summed E-state index contributed by atoms with van der Waals surface area (Å²) in [4.78, 5) is 73.7. The number of hydrogen-bond acceptors (Lipinski definition) is 20. The van der Waals surface area contributed by atoms with Crippen molar-refractivity contribution in [2.45, 2.75) is 94.9 Å². The van der Waals surface area contributed by atoms with Crippen molar-refractivity contribution < 1.29 is 51.2 Å². The molecule has 0 radical (unpaired) electrons. The quantitative estimate of drug-likeness (QED) is 0.0414. The van der Waals surface area contributed by atoms with Gasteiger partial charge in [0.2, 0.25) is 0 Å². The Balaban J connectivity index is 0.000000120. The highest BCUT2D eigenvalue weighted by Gasteiger charge is 2.35. The summed E-state index contributed by atoms with van der Waals surface area (Å²) in [6.45, 7) is 11.5. The van der Waals surface area contributed by atoms with Gasteiger partial charge in [-0.05, 0) is 128 Å². The van der Waals surface area contributed by atoms with Gasteiger partial charge >= 0.3 is 0 Å². The van der Waals surface area contributed by atoms with Gasteiger partial charge in [0, 0.05) is 171 Å². The molecule has 590 valence electrons. The molecule has 6 N–H and O–H groups in total. The zero-order valence-electron chi connectivity index (χ0n) is 64.2. The van der Waals surface area contributed by atoms with E-state index in [-0.39, 0.29) is 47.4 Å². The Morgan fingerprint density at radius 3 is 1.17 bits per heavy atom. The number of hydrogen-bond donors (Lipinski definition) is 6. The first-order chi connectivity index (χ1) is 56.1. The number of aromatic nitrogens is 9. The van der Waals surface area contributed by atoms with Gasteiger partial charge in [-0.3, -0.25) is 37.4 Å². The van der Waals surface area contributed by atoms with E-state index < -0.39 is 0 Å². The minimum Gasteiger partial charge on any atom is -0.381 e. The number of methoxy groups -OCH3 is 2. The minimum atomic E-state index is -0.341. The van der Waals surface area contributed by atoms with Crippen LogP contribution in [0.4, 0.5) is 47.7 Å². The highest BCUT2D eigenvalue weighted by Crippen LogP contribution is 2.42. The van der Waals surface area contributed by atoms with Crippen molar-refractivity contribution in [3.8, 4) is 33.8 Å². The van der Waals surface area contributed by atoms with Crippen molar-refractivity contribution in [2.75, 3.05) is 110 Å². The van der Waals surface area contributed by atoms with E-state index in [9.17, 15) is 27.6 Å². The Hall–Kier alpha value is -11.5. The number of likely N-dealkylation sites (tertiary alicyclic amines) is 2. The summed E-state index contributed by atoms with van der Waals surface area (Å²) in [6, 6.07) is 32.4. The fraction of sp³-hybridized carbons (Fsp3) is 0.337. The first kappa shape index (κ1) is 74.9. The molecule has 12 aromatic rings. The number of rotatable bonds is 20. The van der Waals surface area contributed by atoms with Gasteiger partial charge in [0.15, 0.2) is 0 Å². The number of ether oxygens (including phenoxy) is 5. The smallest absolute Gasteiger partial charge is 0.254 e. The molecule has 115 heavy (non-hydrogen) atoms. The van der Waals surface area contributed by atoms with Gasteiger partial charge in [0.05, 0.1) is 119 Å². The lowest BCUT2D eigenvalue weighted by Crippen LogP contribution is -2.51. The van der Waals surface area contributed by atoms with Crippen LogP contribution in [-0.2, 0) is 63.0 Å². The molecule has 9 aromatic heterocycles. The van der Waals surface area contributed by atoms with Crippen molar-refractivity contribution in [2.24, 2.45) is 0 Å². The van der Waals surface area contributed by atoms with Gasteiger partial charge in [-0.1, -0.05) is 36.4 Å². The summed E-state index contributed by atoms with van der Waals surface area (Å²) >= 11 is 0. The number of carbonyl (C=O) groups excluding carboxylic acids is 3.